The van der Waals surface area contributed by atoms with Crippen molar-refractivity contribution in [2.45, 2.75) is 47.6 Å². The fourth-order valence-electron chi connectivity index (χ4n) is 4.07. The second-order valence-electron chi connectivity index (χ2n) is 9.02. The zero-order chi connectivity index (χ0) is 23.0. The third kappa shape index (κ3) is 4.17. The summed E-state index contributed by atoms with van der Waals surface area (Å²) in [7, 11) is 0. The molecule has 1 aliphatic heterocycles. The van der Waals surface area contributed by atoms with Gasteiger partial charge in [-0.1, -0.05) is 61.0 Å². The van der Waals surface area contributed by atoms with Crippen LogP contribution in [0.25, 0.3) is 17.0 Å². The molecule has 4 rings (SSSR count). The van der Waals surface area contributed by atoms with E-state index in [1.54, 1.807) is 4.90 Å². The van der Waals surface area contributed by atoms with Gasteiger partial charge in [0.05, 0.1) is 11.6 Å². The van der Waals surface area contributed by atoms with Gasteiger partial charge in [-0.05, 0) is 56.4 Å². The van der Waals surface area contributed by atoms with Crippen LogP contribution < -0.4 is 5.32 Å². The van der Waals surface area contributed by atoms with Gasteiger partial charge in [0.2, 0.25) is 5.82 Å². The molecule has 2 amide bonds. The first-order valence-electron chi connectivity index (χ1n) is 11.0. The molecule has 6 heteroatoms. The number of nitrogens with zero attached hydrogens (tertiary/aromatic N) is 3. The summed E-state index contributed by atoms with van der Waals surface area (Å²) in [5.74, 6) is 1.28. The third-order valence-electron chi connectivity index (χ3n) is 5.94. The van der Waals surface area contributed by atoms with E-state index in [9.17, 15) is 4.79 Å². The Morgan fingerprint density at radius 3 is 2.53 bits per heavy atom. The van der Waals surface area contributed by atoms with Crippen molar-refractivity contribution in [3.63, 3.8) is 0 Å². The van der Waals surface area contributed by atoms with Crippen LogP contribution in [0.15, 0.2) is 52.7 Å². The quantitative estimate of drug-likeness (QED) is 0.554. The maximum absolute atomic E-state index is 13.0. The van der Waals surface area contributed by atoms with Crippen molar-refractivity contribution in [1.29, 1.82) is 0 Å². The van der Waals surface area contributed by atoms with E-state index in [0.717, 1.165) is 28.0 Å². The highest BCUT2D eigenvalue weighted by molar-refractivity contribution is 5.87. The molecule has 2 heterocycles. The Labute approximate surface area is 189 Å². The average Bonchev–Trinajstić information content (AvgIpc) is 3.22. The Hall–Kier alpha value is -3.41. The fourth-order valence-corrected chi connectivity index (χ4v) is 4.07. The molecule has 0 bridgehead atoms. The van der Waals surface area contributed by atoms with Gasteiger partial charge < -0.3 is 9.84 Å². The fraction of sp³-hybridized carbons (Fsp3) is 0.346. The number of aromatic nitrogens is 2. The van der Waals surface area contributed by atoms with Gasteiger partial charge in [-0.3, -0.25) is 4.90 Å². The van der Waals surface area contributed by atoms with Crippen LogP contribution in [0.3, 0.4) is 0 Å². The van der Waals surface area contributed by atoms with Crippen LogP contribution in [0, 0.1) is 26.7 Å². The van der Waals surface area contributed by atoms with Crippen molar-refractivity contribution in [3.05, 3.63) is 76.3 Å². The molecule has 0 saturated carbocycles. The number of amides is 2. The monoisotopic (exact) mass is 430 g/mol. The normalized spacial score (nSPS) is 16.7. The van der Waals surface area contributed by atoms with Crippen molar-refractivity contribution in [1.82, 2.24) is 20.4 Å². The molecule has 1 atom stereocenters. The Kier molecular flexibility index (Phi) is 5.87. The first-order chi connectivity index (χ1) is 15.2. The van der Waals surface area contributed by atoms with Gasteiger partial charge in [0.1, 0.15) is 0 Å². The molecule has 32 heavy (non-hydrogen) atoms. The molecule has 0 spiro atoms. The number of carbonyl (C=O) groups is 1. The summed E-state index contributed by atoms with van der Waals surface area (Å²) in [6.45, 7) is 13.0. The van der Waals surface area contributed by atoms with E-state index in [1.165, 1.54) is 11.1 Å². The summed E-state index contributed by atoms with van der Waals surface area (Å²) in [6.07, 6.45) is 0. The minimum absolute atomic E-state index is 0.110. The van der Waals surface area contributed by atoms with Crippen molar-refractivity contribution < 1.29 is 9.32 Å². The van der Waals surface area contributed by atoms with Gasteiger partial charge in [-0.15, -0.1) is 0 Å². The number of nitrogens with one attached hydrogen (secondary N) is 1. The van der Waals surface area contributed by atoms with Gasteiger partial charge in [0, 0.05) is 17.8 Å². The average molecular weight is 431 g/mol. The lowest BCUT2D eigenvalue weighted by atomic mass is 9.92. The Morgan fingerprint density at radius 2 is 1.84 bits per heavy atom. The molecule has 3 aromatic rings. The lowest BCUT2D eigenvalue weighted by Gasteiger charge is -2.36. The molecule has 2 aromatic carbocycles. The van der Waals surface area contributed by atoms with Crippen molar-refractivity contribution in [2.75, 3.05) is 6.54 Å². The molecular weight excluding hydrogens is 400 g/mol. The molecule has 6 nitrogen and oxygen atoms in total. The lowest BCUT2D eigenvalue weighted by molar-refractivity contribution is 0.199. The number of aryl methyl sites for hydroxylation is 3. The number of benzene rings is 2. The summed E-state index contributed by atoms with van der Waals surface area (Å²) in [6, 6.07) is 13.8. The maximum Gasteiger partial charge on any atom is 0.322 e. The van der Waals surface area contributed by atoms with Crippen LogP contribution in [-0.4, -0.2) is 27.6 Å². The molecule has 0 fully saturated rings. The van der Waals surface area contributed by atoms with Gasteiger partial charge in [-0.25, -0.2) is 4.79 Å². The Bertz CT molecular complexity index is 1190. The van der Waals surface area contributed by atoms with E-state index in [2.05, 4.69) is 56.4 Å². The molecule has 1 aromatic heterocycles. The first-order valence-corrected chi connectivity index (χ1v) is 11.0. The molecule has 1 aliphatic rings. The number of hydrogen-bond acceptors (Lipinski definition) is 4. The van der Waals surface area contributed by atoms with Crippen LogP contribution in [0.1, 0.15) is 55.0 Å². The van der Waals surface area contributed by atoms with E-state index in [4.69, 9.17) is 9.51 Å². The standard InChI is InChI=1S/C26H30N4O2/c1-15(2)14-30-19(6)22(23(27-26(30)31)20-11-10-17(4)18(5)13-20)25-28-24(29-32-25)21-9-7-8-16(3)12-21/h7-13,15,23H,14H2,1-6H3,(H,27,31). The predicted molar refractivity (Wildman–Crippen MR) is 126 cm³/mol. The van der Waals surface area contributed by atoms with Crippen LogP contribution in [0.2, 0.25) is 0 Å². The summed E-state index contributed by atoms with van der Waals surface area (Å²) in [5, 5.41) is 7.42. The Morgan fingerprint density at radius 1 is 1.06 bits per heavy atom. The molecule has 166 valence electrons. The summed E-state index contributed by atoms with van der Waals surface area (Å²) < 4.78 is 5.77. The summed E-state index contributed by atoms with van der Waals surface area (Å²) in [4.78, 5) is 19.5. The number of urea groups is 1. The zero-order valence-corrected chi connectivity index (χ0v) is 19.6. The molecule has 1 N–H and O–H groups in total. The second-order valence-corrected chi connectivity index (χ2v) is 9.02. The highest BCUT2D eigenvalue weighted by Crippen LogP contribution is 2.38. The Balaban J connectivity index is 1.83. The highest BCUT2D eigenvalue weighted by Gasteiger charge is 2.36. The van der Waals surface area contributed by atoms with E-state index < -0.39 is 0 Å². The van der Waals surface area contributed by atoms with Crippen molar-refractivity contribution >= 4 is 11.6 Å². The second kappa shape index (κ2) is 8.61. The van der Waals surface area contributed by atoms with Gasteiger partial charge in [0.25, 0.3) is 5.89 Å². The maximum atomic E-state index is 13.0. The number of carbonyl (C=O) groups excluding carboxylic acids is 1. The predicted octanol–water partition coefficient (Wildman–Crippen LogP) is 5.82. The smallest absolute Gasteiger partial charge is 0.322 e. The van der Waals surface area contributed by atoms with E-state index in [-0.39, 0.29) is 12.1 Å². The van der Waals surface area contributed by atoms with E-state index in [1.807, 2.05) is 38.1 Å². The third-order valence-corrected chi connectivity index (χ3v) is 5.94. The van der Waals surface area contributed by atoms with Crippen LogP contribution in [-0.2, 0) is 0 Å². The topological polar surface area (TPSA) is 71.3 Å². The largest absolute Gasteiger partial charge is 0.334 e. The van der Waals surface area contributed by atoms with Gasteiger partial charge in [0.15, 0.2) is 0 Å². The zero-order valence-electron chi connectivity index (χ0n) is 19.6. The van der Waals surface area contributed by atoms with E-state index in [0.29, 0.717) is 24.2 Å². The number of rotatable bonds is 5. The highest BCUT2D eigenvalue weighted by atomic mass is 16.5. The molecule has 0 aliphatic carbocycles. The molecule has 1 unspecified atom stereocenters. The molecule has 0 saturated heterocycles. The number of hydrogen-bond donors (Lipinski definition) is 1. The van der Waals surface area contributed by atoms with Crippen LogP contribution in [0.5, 0.6) is 0 Å². The van der Waals surface area contributed by atoms with Gasteiger partial charge >= 0.3 is 6.03 Å². The van der Waals surface area contributed by atoms with Crippen LogP contribution in [0.4, 0.5) is 4.79 Å². The summed E-state index contributed by atoms with van der Waals surface area (Å²) >= 11 is 0. The van der Waals surface area contributed by atoms with Crippen molar-refractivity contribution in [3.8, 4) is 11.4 Å². The minimum atomic E-state index is -0.365. The lowest BCUT2D eigenvalue weighted by Crippen LogP contribution is -2.47. The van der Waals surface area contributed by atoms with E-state index >= 15 is 0 Å². The van der Waals surface area contributed by atoms with Crippen LogP contribution >= 0.6 is 0 Å². The first kappa shape index (κ1) is 21.8. The minimum Gasteiger partial charge on any atom is -0.334 e. The van der Waals surface area contributed by atoms with Crippen molar-refractivity contribution in [2.24, 2.45) is 5.92 Å². The summed E-state index contributed by atoms with van der Waals surface area (Å²) in [5.41, 5.74) is 7.08. The molecule has 0 radical (unpaired) electrons. The molecular formula is C26H30N4O2. The van der Waals surface area contributed by atoms with Gasteiger partial charge in [-0.2, -0.15) is 4.98 Å². The SMILES string of the molecule is CC1=C(c2nc(-c3cccc(C)c3)no2)C(c2ccc(C)c(C)c2)NC(=O)N1CC(C)C. The number of allylic oxidation sites excluding steroid dienone is 1.